The maximum Gasteiger partial charge on any atom is 0.417 e. The molecule has 0 amide bonds. The molecule has 2 saturated heterocycles. The molecule has 3 aliphatic rings. The zero-order valence-electron chi connectivity index (χ0n) is 21.9. The second-order valence-corrected chi connectivity index (χ2v) is 11.1. The van der Waals surface area contributed by atoms with Gasteiger partial charge in [0, 0.05) is 36.7 Å². The van der Waals surface area contributed by atoms with Gasteiger partial charge in [-0.2, -0.15) is 13.2 Å². The molecule has 0 aromatic carbocycles. The molecule has 0 bridgehead atoms. The topological polar surface area (TPSA) is 144 Å². The number of alkyl halides is 3. The summed E-state index contributed by atoms with van der Waals surface area (Å²) in [6.07, 6.45) is 3.64. The van der Waals surface area contributed by atoms with Gasteiger partial charge in [0.1, 0.15) is 13.5 Å². The molecule has 8 radical (unpaired) electrons. The van der Waals surface area contributed by atoms with Crippen LogP contribution in [-0.2, 0) is 10.9 Å². The van der Waals surface area contributed by atoms with Crippen LogP contribution in [0.5, 0.6) is 0 Å². The predicted octanol–water partition coefficient (Wildman–Crippen LogP) is 0.314. The number of rotatable bonds is 4. The summed E-state index contributed by atoms with van der Waals surface area (Å²) in [5.41, 5.74) is 11.2. The molecule has 4 rings (SSSR count). The van der Waals surface area contributed by atoms with Crippen molar-refractivity contribution in [2.24, 2.45) is 34.5 Å². The fourth-order valence-corrected chi connectivity index (χ4v) is 5.79. The minimum absolute atomic E-state index is 0.0198. The Bertz CT molecular complexity index is 1080. The van der Waals surface area contributed by atoms with Gasteiger partial charge in [0.15, 0.2) is 7.85 Å². The van der Waals surface area contributed by atoms with Crippen molar-refractivity contribution in [1.29, 1.82) is 0 Å². The van der Waals surface area contributed by atoms with Crippen LogP contribution in [0.25, 0.3) is 5.70 Å². The van der Waals surface area contributed by atoms with Crippen LogP contribution in [0.2, 0.25) is 0 Å². The number of aliphatic hydroxyl groups is 2. The Balaban J connectivity index is 0.000000224. The Labute approximate surface area is 232 Å². The van der Waals surface area contributed by atoms with Gasteiger partial charge in [-0.25, -0.2) is 0 Å². The summed E-state index contributed by atoms with van der Waals surface area (Å²) in [5.74, 6) is -0.0845. The Morgan fingerprint density at radius 3 is 2.44 bits per heavy atom. The number of likely N-dealkylation sites (tertiary alicyclic amines) is 1. The smallest absolute Gasteiger partial charge is 0.398 e. The maximum absolute atomic E-state index is 12.6. The lowest BCUT2D eigenvalue weighted by atomic mass is 9.54. The number of pyridine rings is 1. The molecule has 0 spiro atoms. The highest BCUT2D eigenvalue weighted by molar-refractivity contribution is 6.39. The molecule has 8 N–H and O–H groups in total. The number of allylic oxidation sites excluding steroid dienone is 2. The summed E-state index contributed by atoms with van der Waals surface area (Å²) in [4.78, 5) is 5.49. The zero-order valence-corrected chi connectivity index (χ0v) is 21.9. The summed E-state index contributed by atoms with van der Waals surface area (Å²) in [5, 5.41) is 19.3. The number of aromatic nitrogens is 1. The number of fused-ring (bicyclic) bond motifs is 1. The van der Waals surface area contributed by atoms with Crippen LogP contribution in [0.3, 0.4) is 0 Å². The number of ether oxygens (including phenoxy) is 1. The van der Waals surface area contributed by atoms with E-state index in [1.807, 2.05) is 4.90 Å². The summed E-state index contributed by atoms with van der Waals surface area (Å²) >= 11 is 0. The lowest BCUT2D eigenvalue weighted by molar-refractivity contribution is -0.228. The first-order valence-electron chi connectivity index (χ1n) is 12.5. The van der Waals surface area contributed by atoms with E-state index in [1.165, 1.54) is 18.6 Å². The van der Waals surface area contributed by atoms with Crippen LogP contribution in [0, 0.1) is 17.3 Å². The van der Waals surface area contributed by atoms with Crippen molar-refractivity contribution in [3.05, 3.63) is 47.6 Å². The van der Waals surface area contributed by atoms with Gasteiger partial charge in [0.25, 0.3) is 0 Å². The van der Waals surface area contributed by atoms with Crippen LogP contribution in [0.15, 0.2) is 36.4 Å². The van der Waals surface area contributed by atoms with E-state index in [0.29, 0.717) is 5.92 Å². The van der Waals surface area contributed by atoms with E-state index in [-0.39, 0.29) is 35.3 Å². The Morgan fingerprint density at radius 1 is 1.21 bits per heavy atom. The largest absolute Gasteiger partial charge is 0.417 e. The van der Waals surface area contributed by atoms with E-state index < -0.39 is 34.4 Å². The van der Waals surface area contributed by atoms with Gasteiger partial charge in [-0.1, -0.05) is 13.3 Å². The fourth-order valence-electron chi connectivity index (χ4n) is 5.79. The molecule has 3 heterocycles. The molecule has 39 heavy (non-hydrogen) atoms. The van der Waals surface area contributed by atoms with Crippen LogP contribution in [0.1, 0.15) is 50.2 Å². The maximum atomic E-state index is 12.6. The molecule has 1 aliphatic carbocycles. The summed E-state index contributed by atoms with van der Waals surface area (Å²) in [6.45, 7) is 3.72. The number of hydrogen-bond donors (Lipinski definition) is 5. The third kappa shape index (κ3) is 7.56. The summed E-state index contributed by atoms with van der Waals surface area (Å²) in [7, 11) is 23.5. The van der Waals surface area contributed by atoms with E-state index in [1.54, 1.807) is 0 Å². The van der Waals surface area contributed by atoms with E-state index in [4.69, 9.17) is 53.3 Å². The number of nitrogens with two attached hydrogens (primary N) is 3. The zero-order chi connectivity index (χ0) is 29.4. The molecule has 1 saturated carbocycles. The molecule has 15 heteroatoms. The quantitative estimate of drug-likeness (QED) is 0.272. The lowest BCUT2D eigenvalue weighted by Gasteiger charge is -2.52. The first kappa shape index (κ1) is 31.4. The van der Waals surface area contributed by atoms with E-state index in [0.717, 1.165) is 44.4 Å². The van der Waals surface area contributed by atoms with Crippen molar-refractivity contribution in [3.63, 3.8) is 0 Å². The van der Waals surface area contributed by atoms with E-state index >= 15 is 0 Å². The van der Waals surface area contributed by atoms with Crippen molar-refractivity contribution < 1.29 is 28.1 Å². The van der Waals surface area contributed by atoms with E-state index in [9.17, 15) is 23.4 Å². The van der Waals surface area contributed by atoms with Gasteiger partial charge in [0.2, 0.25) is 0 Å². The minimum Gasteiger partial charge on any atom is -0.398 e. The van der Waals surface area contributed by atoms with Gasteiger partial charge in [0.05, 0.1) is 32.7 Å². The number of nitrogens with zero attached hydrogens (tertiary/aromatic N) is 2. The third-order valence-corrected chi connectivity index (χ3v) is 7.75. The van der Waals surface area contributed by atoms with Crippen molar-refractivity contribution in [2.75, 3.05) is 13.1 Å². The molecule has 5 atom stereocenters. The van der Waals surface area contributed by atoms with Gasteiger partial charge < -0.3 is 32.2 Å². The molecule has 1 aromatic rings. The average Bonchev–Trinajstić information content (AvgIpc) is 3.30. The first-order chi connectivity index (χ1) is 17.8. The molecule has 3 fully saturated rings. The molecule has 1 aromatic heterocycles. The highest BCUT2D eigenvalue weighted by Crippen LogP contribution is 2.51. The normalized spacial score (nSPS) is 32.4. The second kappa shape index (κ2) is 11.1. The molecule has 4 unspecified atom stereocenters. The Hall–Kier alpha value is -2.08. The van der Waals surface area contributed by atoms with Crippen molar-refractivity contribution in [1.82, 2.24) is 9.88 Å². The standard InChI is InChI=1S/C14H21B4NO3.C10H11F3N4/c1-11-4-2-3-9(11)7-19(8-11)14(18,21)10-5-12(15,16)22-13(17,20)6-10;11-10(12,13)7-3-4-17-5-6(7)8(14)1-2-9(15)16/h9-10,20-21H,2-8H2,1H3;1-5H,14-16H2/b;8-1-/t9?,10?,11-,13?,14?;/m1./s1. The fraction of sp³-hybridized carbons (Fsp3) is 0.625. The van der Waals surface area contributed by atoms with Crippen LogP contribution >= 0.6 is 0 Å². The summed E-state index contributed by atoms with van der Waals surface area (Å²) < 4.78 is 42.9. The predicted molar refractivity (Wildman–Crippen MR) is 144 cm³/mol. The van der Waals surface area contributed by atoms with Gasteiger partial charge in [-0.05, 0) is 66.6 Å². The number of halogens is 3. The summed E-state index contributed by atoms with van der Waals surface area (Å²) in [6, 6.07) is 0.853. The Kier molecular flexibility index (Phi) is 8.92. The highest BCUT2D eigenvalue weighted by Gasteiger charge is 2.54. The van der Waals surface area contributed by atoms with Crippen molar-refractivity contribution in [2.45, 2.75) is 61.9 Å². The highest BCUT2D eigenvalue weighted by atomic mass is 19.4. The molecular formula is C24H32B4F3N5O3. The third-order valence-electron chi connectivity index (χ3n) is 7.75. The van der Waals surface area contributed by atoms with Gasteiger partial charge in [-0.15, -0.1) is 0 Å². The SMILES string of the molecule is NC(N)=C/C=C(\N)c1cnccc1C(F)(F)F.[B]C1([B])CC(C([B])(O)N2CC3CCC[C@]3(C)C2)CC([B])(O)O1. The minimum atomic E-state index is -4.49. The molecule has 8 nitrogen and oxygen atoms in total. The molecular weight excluding hydrogens is 507 g/mol. The van der Waals surface area contributed by atoms with Crippen LogP contribution in [0.4, 0.5) is 13.2 Å². The van der Waals surface area contributed by atoms with Gasteiger partial charge >= 0.3 is 6.18 Å². The Morgan fingerprint density at radius 2 is 1.87 bits per heavy atom. The monoisotopic (exact) mass is 539 g/mol. The van der Waals surface area contributed by atoms with E-state index in [2.05, 4.69) is 11.9 Å². The molecule has 2 aliphatic heterocycles. The average molecular weight is 539 g/mol. The van der Waals surface area contributed by atoms with Crippen LogP contribution < -0.4 is 17.2 Å². The van der Waals surface area contributed by atoms with Crippen LogP contribution in [-0.4, -0.2) is 81.3 Å². The lowest BCUT2D eigenvalue weighted by Crippen LogP contribution is -2.62. The number of hydrogen-bond acceptors (Lipinski definition) is 8. The first-order valence-corrected chi connectivity index (χ1v) is 12.5. The van der Waals surface area contributed by atoms with Crippen molar-refractivity contribution in [3.8, 4) is 0 Å². The molecule has 204 valence electrons. The second-order valence-electron chi connectivity index (χ2n) is 11.1. The van der Waals surface area contributed by atoms with Gasteiger partial charge in [-0.3, -0.25) is 9.88 Å². The van der Waals surface area contributed by atoms with Crippen molar-refractivity contribution >= 4 is 37.1 Å².